The molecule has 0 spiro atoms. The molecule has 1 aliphatic rings. The molecular formula is C12H14F3N3O. The van der Waals surface area contributed by atoms with Crippen LogP contribution < -0.4 is 10.6 Å². The summed E-state index contributed by atoms with van der Waals surface area (Å²) in [5.41, 5.74) is 5.02. The van der Waals surface area contributed by atoms with Crippen LogP contribution in [0.25, 0.3) is 0 Å². The number of nitrogens with two attached hydrogens (primary N) is 1. The maximum atomic E-state index is 12.6. The highest BCUT2D eigenvalue weighted by Crippen LogP contribution is 2.33. The van der Waals surface area contributed by atoms with Gasteiger partial charge in [-0.2, -0.15) is 13.2 Å². The van der Waals surface area contributed by atoms with Crippen LogP contribution in [0.4, 0.5) is 18.9 Å². The number of nitrogens with zero attached hydrogens (tertiary/aromatic N) is 1. The van der Waals surface area contributed by atoms with Gasteiger partial charge in [-0.1, -0.05) is 0 Å². The van der Waals surface area contributed by atoms with Gasteiger partial charge in [0.25, 0.3) is 0 Å². The Morgan fingerprint density at radius 3 is 2.58 bits per heavy atom. The number of hydrogen-bond acceptors (Lipinski definition) is 3. The third-order valence-corrected chi connectivity index (χ3v) is 3.12. The molecule has 1 aliphatic heterocycles. The normalized spacial score (nSPS) is 19.8. The second kappa shape index (κ2) is 4.73. The first-order valence-corrected chi connectivity index (χ1v) is 5.77. The number of benzene rings is 1. The summed E-state index contributed by atoms with van der Waals surface area (Å²) in [7, 11) is 0. The predicted octanol–water partition coefficient (Wildman–Crippen LogP) is 1.56. The van der Waals surface area contributed by atoms with Gasteiger partial charge in [-0.05, 0) is 24.6 Å². The lowest BCUT2D eigenvalue weighted by molar-refractivity contribution is -0.137. The SMILES string of the molecule is N=C(N)c1cc(C(F)(F)F)ccc1N1CCC(O)C1. The molecule has 0 aromatic heterocycles. The van der Waals surface area contributed by atoms with Crippen LogP contribution in [-0.2, 0) is 6.18 Å². The van der Waals surface area contributed by atoms with E-state index in [-0.39, 0.29) is 5.56 Å². The van der Waals surface area contributed by atoms with Gasteiger partial charge < -0.3 is 15.7 Å². The van der Waals surface area contributed by atoms with Crippen molar-refractivity contribution in [1.82, 2.24) is 0 Å². The minimum absolute atomic E-state index is 0.0453. The quantitative estimate of drug-likeness (QED) is 0.565. The standard InChI is InChI=1S/C12H14F3N3O/c13-12(14,15)7-1-2-10(9(5-7)11(16)17)18-4-3-8(19)6-18/h1-2,5,8,19H,3-4,6H2,(H3,16,17). The molecule has 1 unspecified atom stereocenters. The van der Waals surface area contributed by atoms with Crippen LogP contribution in [0.3, 0.4) is 0 Å². The number of aliphatic hydroxyl groups is 1. The average molecular weight is 273 g/mol. The van der Waals surface area contributed by atoms with E-state index in [9.17, 15) is 18.3 Å². The maximum Gasteiger partial charge on any atom is 0.416 e. The van der Waals surface area contributed by atoms with Gasteiger partial charge in [0.15, 0.2) is 0 Å². The molecule has 1 aromatic rings. The van der Waals surface area contributed by atoms with Crippen molar-refractivity contribution < 1.29 is 18.3 Å². The second-order valence-corrected chi connectivity index (χ2v) is 4.53. The number of anilines is 1. The lowest BCUT2D eigenvalue weighted by atomic mass is 10.1. The van der Waals surface area contributed by atoms with E-state index in [1.165, 1.54) is 6.07 Å². The molecule has 1 saturated heterocycles. The highest BCUT2D eigenvalue weighted by molar-refractivity contribution is 6.00. The number of rotatable bonds is 2. The third kappa shape index (κ3) is 2.81. The summed E-state index contributed by atoms with van der Waals surface area (Å²) < 4.78 is 37.9. The topological polar surface area (TPSA) is 73.3 Å². The fourth-order valence-corrected chi connectivity index (χ4v) is 2.16. The van der Waals surface area contributed by atoms with Gasteiger partial charge in [0.1, 0.15) is 5.84 Å². The summed E-state index contributed by atoms with van der Waals surface area (Å²) in [6, 6.07) is 3.15. The van der Waals surface area contributed by atoms with Crippen molar-refractivity contribution in [2.24, 2.45) is 5.73 Å². The number of alkyl halides is 3. The lowest BCUT2D eigenvalue weighted by Crippen LogP contribution is -2.25. The second-order valence-electron chi connectivity index (χ2n) is 4.53. The molecule has 7 heteroatoms. The van der Waals surface area contributed by atoms with Crippen LogP contribution in [0.15, 0.2) is 18.2 Å². The number of β-amino-alcohol motifs (C(OH)–C–C–N with tert-alkyl or cyclic N) is 1. The molecule has 104 valence electrons. The Balaban J connectivity index is 2.42. The summed E-state index contributed by atoms with van der Waals surface area (Å²) in [4.78, 5) is 1.74. The molecule has 0 amide bonds. The van der Waals surface area contributed by atoms with Gasteiger partial charge in [-0.15, -0.1) is 0 Å². The molecule has 1 atom stereocenters. The Morgan fingerprint density at radius 2 is 2.11 bits per heavy atom. The number of nitrogen functional groups attached to an aromatic ring is 1. The molecule has 1 heterocycles. The van der Waals surface area contributed by atoms with Crippen LogP contribution in [0.5, 0.6) is 0 Å². The molecular weight excluding hydrogens is 259 g/mol. The summed E-state index contributed by atoms with van der Waals surface area (Å²) in [6.07, 6.45) is -4.41. The molecule has 0 saturated carbocycles. The summed E-state index contributed by atoms with van der Waals surface area (Å²) >= 11 is 0. The van der Waals surface area contributed by atoms with Crippen molar-refractivity contribution >= 4 is 11.5 Å². The number of hydrogen-bond donors (Lipinski definition) is 3. The van der Waals surface area contributed by atoms with Gasteiger partial charge in [-0.3, -0.25) is 5.41 Å². The van der Waals surface area contributed by atoms with E-state index in [2.05, 4.69) is 0 Å². The Labute approximate surface area is 108 Å². The summed E-state index contributed by atoms with van der Waals surface area (Å²) in [5.74, 6) is -0.414. The minimum atomic E-state index is -4.47. The number of amidine groups is 1. The first-order chi connectivity index (χ1) is 8.79. The van der Waals surface area contributed by atoms with Crippen LogP contribution in [0, 0.1) is 5.41 Å². The number of aliphatic hydroxyl groups excluding tert-OH is 1. The van der Waals surface area contributed by atoms with Gasteiger partial charge in [0, 0.05) is 24.3 Å². The smallest absolute Gasteiger partial charge is 0.391 e. The molecule has 1 fully saturated rings. The third-order valence-electron chi connectivity index (χ3n) is 3.12. The highest BCUT2D eigenvalue weighted by atomic mass is 19.4. The Bertz CT molecular complexity index is 501. The molecule has 4 nitrogen and oxygen atoms in total. The first-order valence-electron chi connectivity index (χ1n) is 5.77. The Kier molecular flexibility index (Phi) is 3.40. The van der Waals surface area contributed by atoms with Gasteiger partial charge in [0.05, 0.1) is 11.7 Å². The van der Waals surface area contributed by atoms with Crippen molar-refractivity contribution in [3.63, 3.8) is 0 Å². The molecule has 4 N–H and O–H groups in total. The fraction of sp³-hybridized carbons (Fsp3) is 0.417. The van der Waals surface area contributed by atoms with Crippen LogP contribution >= 0.6 is 0 Å². The molecule has 0 bridgehead atoms. The lowest BCUT2D eigenvalue weighted by Gasteiger charge is -2.22. The Hall–Kier alpha value is -1.76. The van der Waals surface area contributed by atoms with E-state index in [1.54, 1.807) is 4.90 Å². The Morgan fingerprint density at radius 1 is 1.42 bits per heavy atom. The zero-order valence-electron chi connectivity index (χ0n) is 10.0. The fourth-order valence-electron chi connectivity index (χ4n) is 2.16. The van der Waals surface area contributed by atoms with Crippen LogP contribution in [0.2, 0.25) is 0 Å². The van der Waals surface area contributed by atoms with Gasteiger partial charge in [0.2, 0.25) is 0 Å². The average Bonchev–Trinajstić information content (AvgIpc) is 2.73. The largest absolute Gasteiger partial charge is 0.416 e. The molecule has 0 aliphatic carbocycles. The van der Waals surface area contributed by atoms with E-state index in [1.807, 2.05) is 0 Å². The van der Waals surface area contributed by atoms with Crippen molar-refractivity contribution in [3.8, 4) is 0 Å². The van der Waals surface area contributed by atoms with E-state index >= 15 is 0 Å². The van der Waals surface area contributed by atoms with Crippen molar-refractivity contribution in [3.05, 3.63) is 29.3 Å². The molecule has 1 aromatic carbocycles. The summed E-state index contributed by atoms with van der Waals surface area (Å²) in [5, 5.41) is 16.9. The minimum Gasteiger partial charge on any atom is -0.391 e. The zero-order valence-corrected chi connectivity index (χ0v) is 10.0. The monoisotopic (exact) mass is 273 g/mol. The molecule has 19 heavy (non-hydrogen) atoms. The van der Waals surface area contributed by atoms with Crippen molar-refractivity contribution in [1.29, 1.82) is 5.41 Å². The molecule has 0 radical (unpaired) electrons. The van der Waals surface area contributed by atoms with Gasteiger partial charge >= 0.3 is 6.18 Å². The zero-order chi connectivity index (χ0) is 14.2. The van der Waals surface area contributed by atoms with E-state index in [0.717, 1.165) is 12.1 Å². The van der Waals surface area contributed by atoms with Crippen LogP contribution in [-0.4, -0.2) is 30.1 Å². The van der Waals surface area contributed by atoms with Crippen LogP contribution in [0.1, 0.15) is 17.5 Å². The summed E-state index contributed by atoms with van der Waals surface area (Å²) in [6.45, 7) is 0.873. The van der Waals surface area contributed by atoms with E-state index in [0.29, 0.717) is 25.2 Å². The predicted molar refractivity (Wildman–Crippen MR) is 65.3 cm³/mol. The maximum absolute atomic E-state index is 12.6. The van der Waals surface area contributed by atoms with E-state index in [4.69, 9.17) is 11.1 Å². The highest BCUT2D eigenvalue weighted by Gasteiger charge is 2.32. The van der Waals surface area contributed by atoms with Crippen molar-refractivity contribution in [2.45, 2.75) is 18.7 Å². The number of nitrogens with one attached hydrogen (secondary N) is 1. The number of halogens is 3. The van der Waals surface area contributed by atoms with Gasteiger partial charge in [-0.25, -0.2) is 0 Å². The van der Waals surface area contributed by atoms with Crippen molar-refractivity contribution in [2.75, 3.05) is 18.0 Å². The molecule has 2 rings (SSSR count). The first kappa shape index (κ1) is 13.7. The van der Waals surface area contributed by atoms with E-state index < -0.39 is 23.7 Å².